The second kappa shape index (κ2) is 15.7. The van der Waals surface area contributed by atoms with E-state index in [1.807, 2.05) is 0 Å². The molecule has 0 aliphatic rings. The van der Waals surface area contributed by atoms with E-state index in [0.29, 0.717) is 0 Å². The first-order chi connectivity index (χ1) is 2.91. The molecule has 0 nitrogen and oxygen atoms in total. The quantitative estimate of drug-likeness (QED) is 0.308. The molecule has 0 rings (SSSR count). The second-order valence-electron chi connectivity index (χ2n) is 1.56. The zero-order valence-corrected chi connectivity index (χ0v) is 7.66. The fourth-order valence-electron chi connectivity index (χ4n) is 0.427. The summed E-state index contributed by atoms with van der Waals surface area (Å²) in [5.74, 6) is 0. The van der Waals surface area contributed by atoms with Crippen LogP contribution >= 0.6 is 0 Å². The molecule has 0 heterocycles. The Bertz CT molecular complexity index is 16.3. The predicted molar refractivity (Wildman–Crippen MR) is 41.7 cm³/mol. The summed E-state index contributed by atoms with van der Waals surface area (Å²) in [5, 5.41) is 0. The first kappa shape index (κ1) is 15.9. The summed E-state index contributed by atoms with van der Waals surface area (Å²) in [6.07, 6.45) is 5.07. The summed E-state index contributed by atoms with van der Waals surface area (Å²) in [7, 11) is 0. The average Bonchev–Trinajstić information content (AvgIpc) is 1.61. The van der Waals surface area contributed by atoms with Crippen molar-refractivity contribution in [3.63, 3.8) is 0 Å². The van der Waals surface area contributed by atoms with E-state index in [0.717, 1.165) is 6.42 Å². The maximum atomic E-state index is 3.72. The van der Waals surface area contributed by atoms with Crippen molar-refractivity contribution in [1.29, 1.82) is 0 Å². The Morgan fingerprint density at radius 2 is 1.75 bits per heavy atom. The normalized spacial score (nSPS) is 6.75. The van der Waals surface area contributed by atoms with E-state index in [2.05, 4.69) is 13.8 Å². The van der Waals surface area contributed by atoms with E-state index in [4.69, 9.17) is 0 Å². The van der Waals surface area contributed by atoms with Gasteiger partial charge in [0, 0.05) is 0 Å². The van der Waals surface area contributed by atoms with E-state index < -0.39 is 0 Å². The van der Waals surface area contributed by atoms with Crippen LogP contribution in [0, 0.1) is 14.4 Å². The van der Waals surface area contributed by atoms with Gasteiger partial charge in [0.1, 0.15) is 0 Å². The zero-order valence-electron chi connectivity index (χ0n) is 6.24. The third kappa shape index (κ3) is 15.9. The van der Waals surface area contributed by atoms with Crippen LogP contribution in [0.15, 0.2) is 0 Å². The minimum absolute atomic E-state index is 0. The smallest absolute Gasteiger partial charge is 0.358 e. The molecular weight excluding hydrogens is 108 g/mol. The maximum Gasteiger partial charge on any atom is 2.00 e. The van der Waals surface area contributed by atoms with E-state index in [1.165, 1.54) is 19.3 Å². The molecule has 0 N–H and O–H groups in total. The van der Waals surface area contributed by atoms with Gasteiger partial charge in [-0.25, -0.2) is 0 Å². The average molecular weight is 125 g/mol. The van der Waals surface area contributed by atoms with Gasteiger partial charge in [0.25, 0.3) is 0 Å². The number of rotatable bonds is 3. The molecule has 0 amide bonds. The van der Waals surface area contributed by atoms with Gasteiger partial charge in [0.05, 0.1) is 0 Å². The molecule has 0 aliphatic heterocycles. The van der Waals surface area contributed by atoms with Crippen molar-refractivity contribution in [2.45, 2.75) is 32.6 Å². The number of hydrogen-bond acceptors (Lipinski definition) is 0. The van der Waals surface area contributed by atoms with Crippen LogP contribution in [0.2, 0.25) is 0 Å². The number of unbranched alkanes of at least 4 members (excludes halogenated alkanes) is 3. The fourth-order valence-corrected chi connectivity index (χ4v) is 0.427. The van der Waals surface area contributed by atoms with Crippen LogP contribution in [0.4, 0.5) is 0 Å². The van der Waals surface area contributed by atoms with Crippen molar-refractivity contribution in [1.82, 2.24) is 0 Å². The van der Waals surface area contributed by atoms with E-state index in [9.17, 15) is 0 Å². The second-order valence-corrected chi connectivity index (χ2v) is 1.56. The SMILES string of the molecule is [CH2-]CCCCC.[CH3-].[Mg+2]. The Hall–Kier alpha value is 0.766. The van der Waals surface area contributed by atoms with Crippen molar-refractivity contribution in [3.05, 3.63) is 14.4 Å². The summed E-state index contributed by atoms with van der Waals surface area (Å²) >= 11 is 0. The van der Waals surface area contributed by atoms with Crippen molar-refractivity contribution in [3.8, 4) is 0 Å². The molecule has 0 spiro atoms. The molecular formula is C7H16Mg. The zero-order chi connectivity index (χ0) is 4.83. The van der Waals surface area contributed by atoms with Crippen LogP contribution in [0.3, 0.4) is 0 Å². The van der Waals surface area contributed by atoms with Crippen molar-refractivity contribution in [2.24, 2.45) is 0 Å². The molecule has 1 heteroatoms. The molecule has 0 bridgehead atoms. The monoisotopic (exact) mass is 124 g/mol. The summed E-state index contributed by atoms with van der Waals surface area (Å²) in [4.78, 5) is 0. The van der Waals surface area contributed by atoms with Crippen LogP contribution in [0.1, 0.15) is 32.6 Å². The van der Waals surface area contributed by atoms with Gasteiger partial charge in [0.2, 0.25) is 0 Å². The van der Waals surface area contributed by atoms with Crippen molar-refractivity contribution < 1.29 is 0 Å². The molecule has 0 atom stereocenters. The topological polar surface area (TPSA) is 0 Å². The van der Waals surface area contributed by atoms with E-state index in [1.54, 1.807) is 0 Å². The summed E-state index contributed by atoms with van der Waals surface area (Å²) in [6.45, 7) is 5.93. The Balaban J connectivity index is -0.000000125. The van der Waals surface area contributed by atoms with Crippen LogP contribution < -0.4 is 0 Å². The number of hydrogen-bond donors (Lipinski definition) is 0. The third-order valence-corrected chi connectivity index (χ3v) is 0.854. The van der Waals surface area contributed by atoms with E-state index in [-0.39, 0.29) is 30.5 Å². The van der Waals surface area contributed by atoms with Gasteiger partial charge in [-0.05, 0) is 0 Å². The molecule has 0 aromatic carbocycles. The Morgan fingerprint density at radius 3 is 1.88 bits per heavy atom. The van der Waals surface area contributed by atoms with Crippen LogP contribution in [-0.4, -0.2) is 23.1 Å². The molecule has 0 aliphatic carbocycles. The van der Waals surface area contributed by atoms with Gasteiger partial charge in [-0.3, -0.25) is 0 Å². The Labute approximate surface area is 70.2 Å². The minimum atomic E-state index is 0. The molecule has 46 valence electrons. The molecule has 0 saturated carbocycles. The molecule has 8 heavy (non-hydrogen) atoms. The summed E-state index contributed by atoms with van der Waals surface area (Å²) < 4.78 is 0. The van der Waals surface area contributed by atoms with Crippen LogP contribution in [-0.2, 0) is 0 Å². The van der Waals surface area contributed by atoms with Gasteiger partial charge < -0.3 is 14.4 Å². The largest absolute Gasteiger partial charge is 2.00 e. The Kier molecular flexibility index (Phi) is 31.1. The van der Waals surface area contributed by atoms with Crippen molar-refractivity contribution >= 4 is 23.1 Å². The standard InChI is InChI=1S/C6H13.CH3.Mg/c1-3-5-6-4-2;;/h1,3-6H2,2H3;1H3;/q2*-1;+2. The minimum Gasteiger partial charge on any atom is -0.358 e. The predicted octanol–water partition coefficient (Wildman–Crippen LogP) is 2.47. The fraction of sp³-hybridized carbons (Fsp3) is 0.714. The van der Waals surface area contributed by atoms with Gasteiger partial charge in [0.15, 0.2) is 0 Å². The summed E-state index contributed by atoms with van der Waals surface area (Å²) in [6, 6.07) is 0. The molecule has 0 aromatic rings. The maximum absolute atomic E-state index is 3.72. The van der Waals surface area contributed by atoms with Crippen molar-refractivity contribution in [2.75, 3.05) is 0 Å². The molecule has 0 aromatic heterocycles. The van der Waals surface area contributed by atoms with Crippen LogP contribution in [0.25, 0.3) is 0 Å². The van der Waals surface area contributed by atoms with Crippen LogP contribution in [0.5, 0.6) is 0 Å². The summed E-state index contributed by atoms with van der Waals surface area (Å²) in [5.41, 5.74) is 0. The first-order valence-electron chi connectivity index (χ1n) is 2.71. The molecule has 0 radical (unpaired) electrons. The van der Waals surface area contributed by atoms with Gasteiger partial charge in [-0.15, -0.1) is 0 Å². The first-order valence-corrected chi connectivity index (χ1v) is 2.71. The van der Waals surface area contributed by atoms with E-state index >= 15 is 0 Å². The van der Waals surface area contributed by atoms with Gasteiger partial charge in [-0.1, -0.05) is 26.2 Å². The van der Waals surface area contributed by atoms with Gasteiger partial charge in [-0.2, -0.15) is 6.42 Å². The third-order valence-electron chi connectivity index (χ3n) is 0.854. The molecule has 0 fully saturated rings. The Morgan fingerprint density at radius 1 is 1.25 bits per heavy atom. The molecule has 0 unspecified atom stereocenters. The molecule has 0 saturated heterocycles. The van der Waals surface area contributed by atoms with Gasteiger partial charge >= 0.3 is 23.1 Å².